The van der Waals surface area contributed by atoms with E-state index < -0.39 is 0 Å². The SMILES string of the molecule is COC(=O)/C=C/c1ccc(-c2nc3ccccc3n3cccc23)cc1. The molecule has 0 saturated carbocycles. The van der Waals surface area contributed by atoms with E-state index in [0.29, 0.717) is 0 Å². The molecule has 4 rings (SSSR count). The Kier molecular flexibility index (Phi) is 3.78. The van der Waals surface area contributed by atoms with Gasteiger partial charge in [0.2, 0.25) is 0 Å². The van der Waals surface area contributed by atoms with Crippen molar-refractivity contribution < 1.29 is 9.53 Å². The minimum Gasteiger partial charge on any atom is -0.466 e. The summed E-state index contributed by atoms with van der Waals surface area (Å²) in [5.74, 6) is -0.366. The molecule has 0 aliphatic heterocycles. The molecule has 2 heterocycles. The van der Waals surface area contributed by atoms with Gasteiger partial charge in [0.15, 0.2) is 0 Å². The quantitative estimate of drug-likeness (QED) is 0.415. The zero-order valence-electron chi connectivity index (χ0n) is 13.7. The van der Waals surface area contributed by atoms with Crippen LogP contribution in [0.25, 0.3) is 33.9 Å². The second-order valence-electron chi connectivity index (χ2n) is 5.69. The number of hydrogen-bond donors (Lipinski definition) is 0. The van der Waals surface area contributed by atoms with Crippen molar-refractivity contribution in [1.82, 2.24) is 9.38 Å². The van der Waals surface area contributed by atoms with Crippen LogP contribution in [0, 0.1) is 0 Å². The molecule has 0 bridgehead atoms. The average Bonchev–Trinajstić information content (AvgIpc) is 3.16. The number of methoxy groups -OCH3 is 1. The van der Waals surface area contributed by atoms with Gasteiger partial charge in [-0.2, -0.15) is 0 Å². The lowest BCUT2D eigenvalue weighted by Crippen LogP contribution is -1.94. The predicted molar refractivity (Wildman–Crippen MR) is 99.2 cm³/mol. The molecule has 0 saturated heterocycles. The molecule has 4 aromatic rings. The van der Waals surface area contributed by atoms with Gasteiger partial charge >= 0.3 is 5.97 Å². The highest BCUT2D eigenvalue weighted by molar-refractivity contribution is 5.89. The minimum atomic E-state index is -0.366. The lowest BCUT2D eigenvalue weighted by molar-refractivity contribution is -0.134. The van der Waals surface area contributed by atoms with E-state index in [4.69, 9.17) is 4.98 Å². The summed E-state index contributed by atoms with van der Waals surface area (Å²) in [6, 6.07) is 20.2. The van der Waals surface area contributed by atoms with Crippen molar-refractivity contribution in [1.29, 1.82) is 0 Å². The van der Waals surface area contributed by atoms with Crippen molar-refractivity contribution in [2.24, 2.45) is 0 Å². The summed E-state index contributed by atoms with van der Waals surface area (Å²) in [7, 11) is 1.37. The fraction of sp³-hybridized carbons (Fsp3) is 0.0476. The first kappa shape index (κ1) is 15.1. The highest BCUT2D eigenvalue weighted by atomic mass is 16.5. The fourth-order valence-electron chi connectivity index (χ4n) is 2.92. The van der Waals surface area contributed by atoms with Crippen molar-refractivity contribution in [3.8, 4) is 11.3 Å². The molecule has 0 aliphatic rings. The summed E-state index contributed by atoms with van der Waals surface area (Å²) in [4.78, 5) is 16.0. The lowest BCUT2D eigenvalue weighted by Gasteiger charge is -2.09. The molecule has 0 spiro atoms. The average molecular weight is 328 g/mol. The number of aromatic nitrogens is 2. The Bertz CT molecular complexity index is 1090. The zero-order valence-corrected chi connectivity index (χ0v) is 13.7. The molecule has 0 N–H and O–H groups in total. The van der Waals surface area contributed by atoms with E-state index in [1.807, 2.05) is 48.5 Å². The van der Waals surface area contributed by atoms with Crippen molar-refractivity contribution in [2.75, 3.05) is 7.11 Å². The Hall–Kier alpha value is -3.40. The Labute approximate surface area is 145 Å². The summed E-state index contributed by atoms with van der Waals surface area (Å²) in [5, 5.41) is 0. The second kappa shape index (κ2) is 6.24. The Balaban J connectivity index is 1.80. The van der Waals surface area contributed by atoms with Gasteiger partial charge in [0.25, 0.3) is 0 Å². The van der Waals surface area contributed by atoms with E-state index in [0.717, 1.165) is 33.4 Å². The van der Waals surface area contributed by atoms with Gasteiger partial charge in [0.05, 0.1) is 29.4 Å². The van der Waals surface area contributed by atoms with Crippen molar-refractivity contribution >= 4 is 28.6 Å². The molecule has 0 amide bonds. The Morgan fingerprint density at radius 3 is 2.56 bits per heavy atom. The highest BCUT2D eigenvalue weighted by Crippen LogP contribution is 2.27. The smallest absolute Gasteiger partial charge is 0.330 e. The van der Waals surface area contributed by atoms with E-state index in [1.54, 1.807) is 6.08 Å². The number of nitrogens with zero attached hydrogens (tertiary/aromatic N) is 2. The molecule has 2 aromatic carbocycles. The van der Waals surface area contributed by atoms with Crippen LogP contribution >= 0.6 is 0 Å². The van der Waals surface area contributed by atoms with Crippen molar-refractivity contribution in [2.45, 2.75) is 0 Å². The third-order valence-electron chi connectivity index (χ3n) is 4.16. The van der Waals surface area contributed by atoms with Crippen LogP contribution in [0.4, 0.5) is 0 Å². The van der Waals surface area contributed by atoms with Gasteiger partial charge in [0, 0.05) is 17.8 Å². The highest BCUT2D eigenvalue weighted by Gasteiger charge is 2.09. The molecule has 0 aliphatic carbocycles. The third kappa shape index (κ3) is 2.78. The summed E-state index contributed by atoms with van der Waals surface area (Å²) in [5.41, 5.74) is 6.01. The molecule has 0 atom stereocenters. The largest absolute Gasteiger partial charge is 0.466 e. The molecular formula is C21H16N2O2. The second-order valence-corrected chi connectivity index (χ2v) is 5.69. The van der Waals surface area contributed by atoms with Crippen LogP contribution in [0.2, 0.25) is 0 Å². The van der Waals surface area contributed by atoms with Crippen LogP contribution in [0.15, 0.2) is 72.9 Å². The Morgan fingerprint density at radius 2 is 1.76 bits per heavy atom. The van der Waals surface area contributed by atoms with Crippen molar-refractivity contribution in [3.05, 3.63) is 78.5 Å². The third-order valence-corrected chi connectivity index (χ3v) is 4.16. The zero-order chi connectivity index (χ0) is 17.2. The molecule has 0 radical (unpaired) electrons. The summed E-state index contributed by atoms with van der Waals surface area (Å²) in [6.07, 6.45) is 5.20. The summed E-state index contributed by atoms with van der Waals surface area (Å²) in [6.45, 7) is 0. The molecular weight excluding hydrogens is 312 g/mol. The maximum Gasteiger partial charge on any atom is 0.330 e. The summed E-state index contributed by atoms with van der Waals surface area (Å²) >= 11 is 0. The molecule has 4 nitrogen and oxygen atoms in total. The normalized spacial score (nSPS) is 11.4. The van der Waals surface area contributed by atoms with E-state index in [1.165, 1.54) is 13.2 Å². The number of ether oxygens (including phenoxy) is 1. The Morgan fingerprint density at radius 1 is 1.00 bits per heavy atom. The van der Waals surface area contributed by atoms with Crippen LogP contribution in [0.1, 0.15) is 5.56 Å². The number of para-hydroxylation sites is 2. The molecule has 0 unspecified atom stereocenters. The van der Waals surface area contributed by atoms with E-state index in [-0.39, 0.29) is 5.97 Å². The maximum absolute atomic E-state index is 11.2. The first-order valence-electron chi connectivity index (χ1n) is 7.98. The topological polar surface area (TPSA) is 43.6 Å². The number of esters is 1. The molecule has 122 valence electrons. The fourth-order valence-corrected chi connectivity index (χ4v) is 2.92. The van der Waals surface area contributed by atoms with Gasteiger partial charge in [0.1, 0.15) is 0 Å². The van der Waals surface area contributed by atoms with Gasteiger partial charge in [-0.25, -0.2) is 9.78 Å². The number of benzene rings is 2. The van der Waals surface area contributed by atoms with E-state index in [9.17, 15) is 4.79 Å². The number of fused-ring (bicyclic) bond motifs is 3. The monoisotopic (exact) mass is 328 g/mol. The standard InChI is InChI=1S/C21H16N2O2/c1-25-20(24)13-10-15-8-11-16(12-9-15)21-19-7-4-14-23(19)18-6-3-2-5-17(18)22-21/h2-14H,1H3/b13-10+. The maximum atomic E-state index is 11.2. The first-order valence-corrected chi connectivity index (χ1v) is 7.98. The van der Waals surface area contributed by atoms with Gasteiger partial charge in [-0.3, -0.25) is 0 Å². The summed E-state index contributed by atoms with van der Waals surface area (Å²) < 4.78 is 6.76. The van der Waals surface area contributed by atoms with E-state index >= 15 is 0 Å². The predicted octanol–water partition coefficient (Wildman–Crippen LogP) is 4.34. The number of rotatable bonds is 3. The van der Waals surface area contributed by atoms with Crippen LogP contribution in [0.3, 0.4) is 0 Å². The van der Waals surface area contributed by atoms with Gasteiger partial charge < -0.3 is 9.14 Å². The van der Waals surface area contributed by atoms with Gasteiger partial charge in [-0.1, -0.05) is 36.4 Å². The van der Waals surface area contributed by atoms with Crippen LogP contribution in [-0.2, 0) is 9.53 Å². The van der Waals surface area contributed by atoms with Crippen LogP contribution < -0.4 is 0 Å². The molecule has 2 aromatic heterocycles. The van der Waals surface area contributed by atoms with E-state index in [2.05, 4.69) is 27.5 Å². The van der Waals surface area contributed by atoms with Crippen LogP contribution in [-0.4, -0.2) is 22.5 Å². The molecule has 25 heavy (non-hydrogen) atoms. The first-order chi connectivity index (χ1) is 12.3. The van der Waals surface area contributed by atoms with Gasteiger partial charge in [-0.15, -0.1) is 0 Å². The molecule has 4 heteroatoms. The lowest BCUT2D eigenvalue weighted by atomic mass is 10.1. The van der Waals surface area contributed by atoms with Gasteiger partial charge in [-0.05, 0) is 35.9 Å². The van der Waals surface area contributed by atoms with Crippen molar-refractivity contribution in [3.63, 3.8) is 0 Å². The minimum absolute atomic E-state index is 0.366. The molecule has 0 fully saturated rings. The van der Waals surface area contributed by atoms with Crippen LogP contribution in [0.5, 0.6) is 0 Å². The number of carbonyl (C=O) groups excluding carboxylic acids is 1. The number of hydrogen-bond acceptors (Lipinski definition) is 3. The number of carbonyl (C=O) groups is 1.